The summed E-state index contributed by atoms with van der Waals surface area (Å²) in [5.41, 5.74) is 1.68. The number of sulfonamides is 1. The minimum atomic E-state index is -3.73. The SMILES string of the molecule is CCCNc1ncc(S(=O)(=O)Nc2c(C)n[nH]c2C)cn1. The Morgan fingerprint density at radius 1 is 1.24 bits per heavy atom. The number of nitrogens with one attached hydrogen (secondary N) is 3. The molecule has 8 nitrogen and oxygen atoms in total. The van der Waals surface area contributed by atoms with Gasteiger partial charge in [0.25, 0.3) is 10.0 Å². The van der Waals surface area contributed by atoms with E-state index in [-0.39, 0.29) is 4.90 Å². The van der Waals surface area contributed by atoms with Gasteiger partial charge in [0.2, 0.25) is 5.95 Å². The van der Waals surface area contributed by atoms with Crippen molar-refractivity contribution in [2.45, 2.75) is 32.1 Å². The zero-order valence-corrected chi connectivity index (χ0v) is 13.0. The Balaban J connectivity index is 2.20. The van der Waals surface area contributed by atoms with Crippen LogP contribution in [0.15, 0.2) is 17.3 Å². The first-order valence-electron chi connectivity index (χ1n) is 6.54. The van der Waals surface area contributed by atoms with Gasteiger partial charge in [-0.1, -0.05) is 6.92 Å². The molecule has 2 aromatic rings. The highest BCUT2D eigenvalue weighted by Crippen LogP contribution is 2.20. The fraction of sp³-hybridized carbons (Fsp3) is 0.417. The first-order valence-corrected chi connectivity index (χ1v) is 8.02. The van der Waals surface area contributed by atoms with E-state index in [2.05, 4.69) is 30.2 Å². The molecule has 0 saturated heterocycles. The summed E-state index contributed by atoms with van der Waals surface area (Å²) in [6.07, 6.45) is 3.49. The number of H-pyrrole nitrogens is 1. The molecule has 21 heavy (non-hydrogen) atoms. The molecule has 0 aromatic carbocycles. The Hall–Kier alpha value is -2.16. The molecule has 0 fully saturated rings. The third-order valence-electron chi connectivity index (χ3n) is 2.84. The van der Waals surface area contributed by atoms with Gasteiger partial charge in [-0.2, -0.15) is 5.10 Å². The number of hydrogen-bond acceptors (Lipinski definition) is 6. The molecule has 0 aliphatic heterocycles. The summed E-state index contributed by atoms with van der Waals surface area (Å²) in [6, 6.07) is 0. The van der Waals surface area contributed by atoms with Crippen LogP contribution in [0, 0.1) is 13.8 Å². The van der Waals surface area contributed by atoms with Crippen molar-refractivity contribution in [1.29, 1.82) is 0 Å². The van der Waals surface area contributed by atoms with E-state index in [4.69, 9.17) is 0 Å². The van der Waals surface area contributed by atoms with Gasteiger partial charge in [0.1, 0.15) is 4.90 Å². The third kappa shape index (κ3) is 3.48. The van der Waals surface area contributed by atoms with E-state index in [0.717, 1.165) is 13.0 Å². The highest BCUT2D eigenvalue weighted by atomic mass is 32.2. The van der Waals surface area contributed by atoms with E-state index in [9.17, 15) is 8.42 Å². The maximum absolute atomic E-state index is 12.3. The largest absolute Gasteiger partial charge is 0.354 e. The van der Waals surface area contributed by atoms with Gasteiger partial charge in [-0.05, 0) is 20.3 Å². The molecule has 0 bridgehead atoms. The smallest absolute Gasteiger partial charge is 0.265 e. The molecule has 0 aliphatic rings. The molecule has 0 saturated carbocycles. The highest BCUT2D eigenvalue weighted by molar-refractivity contribution is 7.92. The maximum atomic E-state index is 12.3. The fourth-order valence-electron chi connectivity index (χ4n) is 1.68. The number of rotatable bonds is 6. The molecule has 114 valence electrons. The molecule has 0 atom stereocenters. The van der Waals surface area contributed by atoms with Crippen molar-refractivity contribution in [3.63, 3.8) is 0 Å². The molecule has 9 heteroatoms. The Morgan fingerprint density at radius 3 is 2.43 bits per heavy atom. The lowest BCUT2D eigenvalue weighted by molar-refractivity contribution is 0.600. The summed E-state index contributed by atoms with van der Waals surface area (Å²) in [5.74, 6) is 0.409. The van der Waals surface area contributed by atoms with Crippen LogP contribution in [0.2, 0.25) is 0 Å². The van der Waals surface area contributed by atoms with Crippen molar-refractivity contribution in [3.05, 3.63) is 23.8 Å². The van der Waals surface area contributed by atoms with E-state index in [1.807, 2.05) is 6.92 Å². The van der Waals surface area contributed by atoms with Crippen LogP contribution in [0.1, 0.15) is 24.7 Å². The summed E-state index contributed by atoms with van der Waals surface area (Å²) < 4.78 is 27.0. The van der Waals surface area contributed by atoms with Crippen LogP contribution < -0.4 is 10.0 Å². The molecule has 0 unspecified atom stereocenters. The monoisotopic (exact) mass is 310 g/mol. The van der Waals surface area contributed by atoms with Crippen molar-refractivity contribution >= 4 is 21.7 Å². The van der Waals surface area contributed by atoms with Gasteiger partial charge in [0.15, 0.2) is 0 Å². The molecule has 2 rings (SSSR count). The van der Waals surface area contributed by atoms with Gasteiger partial charge in [-0.15, -0.1) is 0 Å². The van der Waals surface area contributed by atoms with Crippen LogP contribution in [0.25, 0.3) is 0 Å². The Morgan fingerprint density at radius 2 is 1.90 bits per heavy atom. The molecule has 3 N–H and O–H groups in total. The average Bonchev–Trinajstić information content (AvgIpc) is 2.77. The van der Waals surface area contributed by atoms with Crippen LogP contribution in [0.3, 0.4) is 0 Å². The van der Waals surface area contributed by atoms with Gasteiger partial charge in [0, 0.05) is 6.54 Å². The molecule has 2 heterocycles. The van der Waals surface area contributed by atoms with Crippen LogP contribution in [-0.2, 0) is 10.0 Å². The van der Waals surface area contributed by atoms with E-state index in [1.54, 1.807) is 13.8 Å². The minimum Gasteiger partial charge on any atom is -0.354 e. The number of aryl methyl sites for hydroxylation is 2. The molecular weight excluding hydrogens is 292 g/mol. The molecule has 0 radical (unpaired) electrons. The molecular formula is C12H18N6O2S. The van der Waals surface area contributed by atoms with Crippen molar-refractivity contribution in [2.75, 3.05) is 16.6 Å². The maximum Gasteiger partial charge on any atom is 0.265 e. The standard InChI is InChI=1S/C12H18N6O2S/c1-4-5-13-12-14-6-10(7-15-12)21(19,20)18-11-8(2)16-17-9(11)3/h6-7,18H,4-5H2,1-3H3,(H,16,17)(H,13,14,15). The number of anilines is 2. The lowest BCUT2D eigenvalue weighted by atomic mass is 10.3. The highest BCUT2D eigenvalue weighted by Gasteiger charge is 2.19. The second-order valence-electron chi connectivity index (χ2n) is 4.58. The molecule has 0 spiro atoms. The Bertz CT molecular complexity index is 688. The van der Waals surface area contributed by atoms with Gasteiger partial charge in [-0.3, -0.25) is 9.82 Å². The first kappa shape index (κ1) is 15.2. The zero-order valence-electron chi connectivity index (χ0n) is 12.1. The second-order valence-corrected chi connectivity index (χ2v) is 6.27. The Labute approximate surface area is 123 Å². The number of aromatic amines is 1. The van der Waals surface area contributed by atoms with Gasteiger partial charge >= 0.3 is 0 Å². The van der Waals surface area contributed by atoms with Gasteiger partial charge in [0.05, 0.1) is 29.5 Å². The quantitative estimate of drug-likeness (QED) is 0.744. The van der Waals surface area contributed by atoms with Crippen molar-refractivity contribution in [3.8, 4) is 0 Å². The van der Waals surface area contributed by atoms with Crippen molar-refractivity contribution < 1.29 is 8.42 Å². The van der Waals surface area contributed by atoms with Gasteiger partial charge < -0.3 is 5.32 Å². The molecule has 2 aromatic heterocycles. The lowest BCUT2D eigenvalue weighted by Crippen LogP contribution is -2.15. The van der Waals surface area contributed by atoms with E-state index in [1.165, 1.54) is 12.4 Å². The fourth-order valence-corrected chi connectivity index (χ4v) is 2.75. The lowest BCUT2D eigenvalue weighted by Gasteiger charge is -2.08. The summed E-state index contributed by atoms with van der Waals surface area (Å²) in [4.78, 5) is 7.99. The van der Waals surface area contributed by atoms with E-state index in [0.29, 0.717) is 23.0 Å². The zero-order chi connectivity index (χ0) is 15.5. The van der Waals surface area contributed by atoms with E-state index >= 15 is 0 Å². The first-order chi connectivity index (χ1) is 9.94. The summed E-state index contributed by atoms with van der Waals surface area (Å²) in [7, 11) is -3.73. The predicted molar refractivity (Wildman–Crippen MR) is 79.7 cm³/mol. The molecule has 0 amide bonds. The predicted octanol–water partition coefficient (Wildman–Crippen LogP) is 1.44. The third-order valence-corrected chi connectivity index (χ3v) is 4.14. The summed E-state index contributed by atoms with van der Waals surface area (Å²) in [5, 5.41) is 9.66. The van der Waals surface area contributed by atoms with Crippen LogP contribution in [0.5, 0.6) is 0 Å². The normalized spacial score (nSPS) is 11.4. The second kappa shape index (κ2) is 6.08. The van der Waals surface area contributed by atoms with Crippen molar-refractivity contribution in [1.82, 2.24) is 20.2 Å². The van der Waals surface area contributed by atoms with Crippen molar-refractivity contribution in [2.24, 2.45) is 0 Å². The average molecular weight is 310 g/mol. The van der Waals surface area contributed by atoms with Crippen LogP contribution >= 0.6 is 0 Å². The number of hydrogen-bond donors (Lipinski definition) is 3. The topological polar surface area (TPSA) is 113 Å². The van der Waals surface area contributed by atoms with Crippen LogP contribution in [0.4, 0.5) is 11.6 Å². The Kier molecular flexibility index (Phi) is 4.41. The minimum absolute atomic E-state index is 0.00421. The number of aromatic nitrogens is 4. The number of nitrogens with zero attached hydrogens (tertiary/aromatic N) is 3. The summed E-state index contributed by atoms with van der Waals surface area (Å²) >= 11 is 0. The van der Waals surface area contributed by atoms with Gasteiger partial charge in [-0.25, -0.2) is 18.4 Å². The summed E-state index contributed by atoms with van der Waals surface area (Å²) in [6.45, 7) is 6.21. The van der Waals surface area contributed by atoms with E-state index < -0.39 is 10.0 Å². The van der Waals surface area contributed by atoms with Crippen LogP contribution in [-0.4, -0.2) is 35.1 Å². The molecule has 0 aliphatic carbocycles.